The first-order valence-electron chi connectivity index (χ1n) is 8.73. The van der Waals surface area contributed by atoms with E-state index in [9.17, 15) is 17.6 Å². The van der Waals surface area contributed by atoms with E-state index < -0.39 is 23.2 Å². The van der Waals surface area contributed by atoms with Crippen LogP contribution in [0.3, 0.4) is 0 Å². The number of aliphatic imine (C=N–C) groups is 1. The van der Waals surface area contributed by atoms with Crippen molar-refractivity contribution in [3.63, 3.8) is 0 Å². The number of nitrogens with zero attached hydrogens (tertiary/aromatic N) is 1. The Labute approximate surface area is 170 Å². The fraction of sp³-hybridized carbons (Fsp3) is 0.250. The lowest BCUT2D eigenvalue weighted by atomic mass is 9.91. The molecule has 1 heterocycles. The predicted octanol–water partition coefficient (Wildman–Crippen LogP) is 3.32. The molecule has 0 bridgehead atoms. The summed E-state index contributed by atoms with van der Waals surface area (Å²) in [5, 5.41) is 2.80. The molecule has 0 saturated heterocycles. The maximum absolute atomic E-state index is 14.6. The third-order valence-corrected chi connectivity index (χ3v) is 4.71. The summed E-state index contributed by atoms with van der Waals surface area (Å²) in [5.74, 6) is 0.0174. The first kappa shape index (κ1) is 21.4. The van der Waals surface area contributed by atoms with E-state index in [0.29, 0.717) is 29.0 Å². The molecule has 0 aromatic heterocycles. The lowest BCUT2D eigenvalue weighted by Gasteiger charge is -2.34. The first-order chi connectivity index (χ1) is 14.0. The third-order valence-electron chi connectivity index (χ3n) is 4.71. The van der Waals surface area contributed by atoms with Crippen molar-refractivity contribution in [2.45, 2.75) is 18.8 Å². The minimum absolute atomic E-state index is 0.0223. The number of methoxy groups -OCH3 is 2. The van der Waals surface area contributed by atoms with Gasteiger partial charge in [-0.15, -0.1) is 0 Å². The molecule has 5 N–H and O–H groups in total. The van der Waals surface area contributed by atoms with E-state index in [1.54, 1.807) is 25.1 Å². The first-order valence-corrected chi connectivity index (χ1v) is 8.73. The molecule has 2 aromatic carbocycles. The Morgan fingerprint density at radius 3 is 2.33 bits per heavy atom. The van der Waals surface area contributed by atoms with Gasteiger partial charge in [-0.2, -0.15) is 13.2 Å². The largest absolute Gasteiger partial charge is 0.497 e. The molecule has 0 saturated carbocycles. The normalized spacial score (nSPS) is 19.3. The molecule has 1 aliphatic heterocycles. The van der Waals surface area contributed by atoms with Crippen LogP contribution in [-0.2, 0) is 11.8 Å². The third kappa shape index (κ3) is 3.65. The molecular weight excluding hydrogens is 404 g/mol. The Hall–Kier alpha value is -3.27. The van der Waals surface area contributed by atoms with Crippen molar-refractivity contribution in [3.05, 3.63) is 64.6 Å². The maximum Gasteiger partial charge on any atom is 0.416 e. The van der Waals surface area contributed by atoms with Gasteiger partial charge in [-0.05, 0) is 37.3 Å². The minimum atomic E-state index is -4.68. The molecule has 10 heteroatoms. The zero-order chi connectivity index (χ0) is 22.3. The van der Waals surface area contributed by atoms with E-state index in [1.807, 2.05) is 0 Å². The van der Waals surface area contributed by atoms with Gasteiger partial charge in [0, 0.05) is 17.2 Å². The van der Waals surface area contributed by atoms with Crippen LogP contribution in [0.4, 0.5) is 17.6 Å². The van der Waals surface area contributed by atoms with Crippen LogP contribution < -0.4 is 26.3 Å². The van der Waals surface area contributed by atoms with Gasteiger partial charge in [0.05, 0.1) is 31.2 Å². The molecule has 1 atom stereocenters. The fourth-order valence-corrected chi connectivity index (χ4v) is 3.22. The Morgan fingerprint density at radius 2 is 1.77 bits per heavy atom. The number of halogens is 4. The van der Waals surface area contributed by atoms with Gasteiger partial charge in [0.2, 0.25) is 0 Å². The summed E-state index contributed by atoms with van der Waals surface area (Å²) in [6, 6.07) is 7.00. The second-order valence-corrected chi connectivity index (χ2v) is 6.64. The van der Waals surface area contributed by atoms with Crippen LogP contribution in [0, 0.1) is 5.82 Å². The summed E-state index contributed by atoms with van der Waals surface area (Å²) >= 11 is 0. The smallest absolute Gasteiger partial charge is 0.416 e. The molecular formula is C20H20F4N4O2. The quantitative estimate of drug-likeness (QED) is 0.655. The number of nitrogens with two attached hydrogens (primary N) is 2. The van der Waals surface area contributed by atoms with Crippen molar-refractivity contribution in [1.29, 1.82) is 0 Å². The van der Waals surface area contributed by atoms with Crippen LogP contribution in [0.25, 0.3) is 5.70 Å². The minimum Gasteiger partial charge on any atom is -0.497 e. The van der Waals surface area contributed by atoms with E-state index in [4.69, 9.17) is 20.9 Å². The van der Waals surface area contributed by atoms with Crippen LogP contribution in [0.2, 0.25) is 0 Å². The number of hydrogen-bond donors (Lipinski definition) is 3. The van der Waals surface area contributed by atoms with E-state index >= 15 is 0 Å². The van der Waals surface area contributed by atoms with Crippen molar-refractivity contribution >= 4 is 11.5 Å². The topological polar surface area (TPSA) is 94.9 Å². The molecule has 160 valence electrons. The van der Waals surface area contributed by atoms with Crippen LogP contribution in [-0.4, -0.2) is 20.1 Å². The van der Waals surface area contributed by atoms with Crippen molar-refractivity contribution in [1.82, 2.24) is 5.32 Å². The lowest BCUT2D eigenvalue weighted by molar-refractivity contribution is -0.137. The van der Waals surface area contributed by atoms with Gasteiger partial charge in [0.25, 0.3) is 0 Å². The van der Waals surface area contributed by atoms with Crippen LogP contribution in [0.1, 0.15) is 23.6 Å². The highest BCUT2D eigenvalue weighted by Gasteiger charge is 2.39. The maximum atomic E-state index is 14.6. The predicted molar refractivity (Wildman–Crippen MR) is 104 cm³/mol. The van der Waals surface area contributed by atoms with Crippen molar-refractivity contribution in [2.75, 3.05) is 14.2 Å². The molecule has 0 spiro atoms. The number of ether oxygens (including phenoxy) is 2. The second-order valence-electron chi connectivity index (χ2n) is 6.64. The molecule has 0 fully saturated rings. The molecule has 2 aromatic rings. The second kappa shape index (κ2) is 7.52. The highest BCUT2D eigenvalue weighted by Crippen LogP contribution is 2.40. The molecule has 0 aliphatic carbocycles. The average molecular weight is 424 g/mol. The Kier molecular flexibility index (Phi) is 5.38. The summed E-state index contributed by atoms with van der Waals surface area (Å²) in [4.78, 5) is 4.37. The zero-order valence-electron chi connectivity index (χ0n) is 16.4. The monoisotopic (exact) mass is 424 g/mol. The van der Waals surface area contributed by atoms with Gasteiger partial charge < -0.3 is 20.5 Å². The highest BCUT2D eigenvalue weighted by atomic mass is 19.4. The SMILES string of the molecule is COc1ccc(C2(N)N=C(C)NC(c3ccc(C(F)(F)F)cc3F)=C2N)c(OC)c1. The Morgan fingerprint density at radius 1 is 1.07 bits per heavy atom. The summed E-state index contributed by atoms with van der Waals surface area (Å²) in [6.45, 7) is 1.58. The summed E-state index contributed by atoms with van der Waals surface area (Å²) in [5.41, 5.74) is 10.2. The molecule has 1 unspecified atom stereocenters. The number of alkyl halides is 3. The fourth-order valence-electron chi connectivity index (χ4n) is 3.22. The van der Waals surface area contributed by atoms with Gasteiger partial charge in [0.1, 0.15) is 23.2 Å². The van der Waals surface area contributed by atoms with Gasteiger partial charge in [0.15, 0.2) is 5.66 Å². The summed E-state index contributed by atoms with van der Waals surface area (Å²) < 4.78 is 63.8. The highest BCUT2D eigenvalue weighted by molar-refractivity contribution is 5.93. The molecule has 3 rings (SSSR count). The number of hydrogen-bond acceptors (Lipinski definition) is 6. The standard InChI is InChI=1S/C20H20F4N4O2/c1-10-27-17(13-6-4-11(8-15(13)21)20(22,23)24)18(25)19(26,28-10)14-7-5-12(29-2)9-16(14)30-3/h4-9H,25-26H2,1-3H3,(H,27,28). The van der Waals surface area contributed by atoms with E-state index in [-0.39, 0.29) is 17.0 Å². The van der Waals surface area contributed by atoms with E-state index in [2.05, 4.69) is 10.3 Å². The van der Waals surface area contributed by atoms with E-state index in [0.717, 1.165) is 12.1 Å². The molecule has 30 heavy (non-hydrogen) atoms. The van der Waals surface area contributed by atoms with Gasteiger partial charge in [-0.25, -0.2) is 9.38 Å². The molecule has 0 radical (unpaired) electrons. The van der Waals surface area contributed by atoms with Crippen molar-refractivity contribution in [3.8, 4) is 11.5 Å². The lowest BCUT2D eigenvalue weighted by Crippen LogP contribution is -2.47. The number of nitrogens with one attached hydrogen (secondary N) is 1. The summed E-state index contributed by atoms with van der Waals surface area (Å²) in [6.07, 6.45) is -4.68. The molecule has 1 aliphatic rings. The average Bonchev–Trinajstić information content (AvgIpc) is 2.69. The van der Waals surface area contributed by atoms with Gasteiger partial charge >= 0.3 is 6.18 Å². The Balaban J connectivity index is 2.18. The molecule has 6 nitrogen and oxygen atoms in total. The van der Waals surface area contributed by atoms with Gasteiger partial charge in [-0.1, -0.05) is 0 Å². The zero-order valence-corrected chi connectivity index (χ0v) is 16.4. The number of rotatable bonds is 4. The van der Waals surface area contributed by atoms with Crippen LogP contribution in [0.15, 0.2) is 47.1 Å². The van der Waals surface area contributed by atoms with Crippen LogP contribution in [0.5, 0.6) is 11.5 Å². The number of benzene rings is 2. The summed E-state index contributed by atoms with van der Waals surface area (Å²) in [7, 11) is 2.91. The van der Waals surface area contributed by atoms with Crippen LogP contribution >= 0.6 is 0 Å². The van der Waals surface area contributed by atoms with Crippen molar-refractivity contribution in [2.24, 2.45) is 16.5 Å². The van der Waals surface area contributed by atoms with E-state index in [1.165, 1.54) is 14.2 Å². The Bertz CT molecular complexity index is 1050. The number of amidine groups is 1. The molecule has 0 amide bonds. The van der Waals surface area contributed by atoms with Crippen molar-refractivity contribution < 1.29 is 27.0 Å². The van der Waals surface area contributed by atoms with Gasteiger partial charge in [-0.3, -0.25) is 5.73 Å².